The highest BCUT2D eigenvalue weighted by Crippen LogP contribution is 2.27. The summed E-state index contributed by atoms with van der Waals surface area (Å²) in [6.45, 7) is 1.59. The second-order valence-electron chi connectivity index (χ2n) is 7.19. The van der Waals surface area contributed by atoms with Crippen molar-refractivity contribution in [2.75, 3.05) is 19.7 Å². The second-order valence-corrected chi connectivity index (χ2v) is 7.19. The van der Waals surface area contributed by atoms with E-state index in [0.717, 1.165) is 48.3 Å². The lowest BCUT2D eigenvalue weighted by atomic mass is 10.0. The van der Waals surface area contributed by atoms with Gasteiger partial charge in [0, 0.05) is 17.3 Å². The van der Waals surface area contributed by atoms with Gasteiger partial charge >= 0.3 is 0 Å². The maximum Gasteiger partial charge on any atom is 0.175 e. The number of rotatable bonds is 6. The summed E-state index contributed by atoms with van der Waals surface area (Å²) in [5, 5.41) is 14.5. The molecule has 3 aromatic rings. The van der Waals surface area contributed by atoms with Gasteiger partial charge in [-0.05, 0) is 50.2 Å². The van der Waals surface area contributed by atoms with Crippen LogP contribution < -0.4 is 0 Å². The van der Waals surface area contributed by atoms with Crippen LogP contribution in [0.25, 0.3) is 22.9 Å². The Kier molecular flexibility index (Phi) is 5.65. The molecule has 0 saturated carbocycles. The molecule has 1 unspecified atom stereocenters. The van der Waals surface area contributed by atoms with Gasteiger partial charge < -0.3 is 5.11 Å². The summed E-state index contributed by atoms with van der Waals surface area (Å²) in [5.41, 5.74) is 3.71. The monoisotopic (exact) mass is 375 g/mol. The molecule has 0 amide bonds. The lowest BCUT2D eigenvalue weighted by Crippen LogP contribution is -2.45. The lowest BCUT2D eigenvalue weighted by Gasteiger charge is -2.31. The molecule has 144 valence electrons. The molecular formula is C23H25N3O2. The van der Waals surface area contributed by atoms with Crippen molar-refractivity contribution in [1.82, 2.24) is 14.5 Å². The Morgan fingerprint density at radius 1 is 1.07 bits per heavy atom. The molecule has 5 heteroatoms. The van der Waals surface area contributed by atoms with Crippen LogP contribution >= 0.6 is 0 Å². The standard InChI is InChI=1S/C23H25N3O2/c27-17-21(25-14-6-2-7-15-25)22(28)13-12-19-20-11-5-8-16-26(20)24-23(19)18-9-3-1-4-10-18/h1,3-5,8-13,16,21,27H,2,6-7,14-15,17H2/b13-12+. The number of hydrogen-bond acceptors (Lipinski definition) is 4. The number of ketones is 1. The number of aliphatic hydroxyl groups excluding tert-OH is 1. The quantitative estimate of drug-likeness (QED) is 0.671. The average molecular weight is 375 g/mol. The summed E-state index contributed by atoms with van der Waals surface area (Å²) < 4.78 is 1.83. The Morgan fingerprint density at radius 3 is 2.57 bits per heavy atom. The highest BCUT2D eigenvalue weighted by atomic mass is 16.3. The van der Waals surface area contributed by atoms with Gasteiger partial charge in [0.15, 0.2) is 5.78 Å². The van der Waals surface area contributed by atoms with E-state index in [-0.39, 0.29) is 12.4 Å². The fraction of sp³-hybridized carbons (Fsp3) is 0.304. The van der Waals surface area contributed by atoms with Crippen LogP contribution in [-0.2, 0) is 4.79 Å². The minimum atomic E-state index is -0.460. The van der Waals surface area contributed by atoms with Gasteiger partial charge in [0.2, 0.25) is 0 Å². The highest BCUT2D eigenvalue weighted by Gasteiger charge is 2.25. The van der Waals surface area contributed by atoms with Crippen molar-refractivity contribution in [2.45, 2.75) is 25.3 Å². The fourth-order valence-electron chi connectivity index (χ4n) is 3.88. The first kappa shape index (κ1) is 18.6. The van der Waals surface area contributed by atoms with Crippen LogP contribution in [0.1, 0.15) is 24.8 Å². The number of piperidine rings is 1. The first-order valence-electron chi connectivity index (χ1n) is 9.87. The average Bonchev–Trinajstić information content (AvgIpc) is 3.13. The van der Waals surface area contributed by atoms with E-state index in [4.69, 9.17) is 5.10 Å². The number of aromatic nitrogens is 2. The number of carbonyl (C=O) groups is 1. The number of aliphatic hydroxyl groups is 1. The Bertz CT molecular complexity index is 972. The third-order valence-electron chi connectivity index (χ3n) is 5.37. The zero-order valence-electron chi connectivity index (χ0n) is 15.9. The molecule has 1 saturated heterocycles. The largest absolute Gasteiger partial charge is 0.394 e. The van der Waals surface area contributed by atoms with E-state index in [1.807, 2.05) is 65.3 Å². The topological polar surface area (TPSA) is 57.8 Å². The van der Waals surface area contributed by atoms with Gasteiger partial charge in [-0.2, -0.15) is 5.10 Å². The smallest absolute Gasteiger partial charge is 0.175 e. The van der Waals surface area contributed by atoms with E-state index in [2.05, 4.69) is 4.90 Å². The van der Waals surface area contributed by atoms with Crippen molar-refractivity contribution in [3.63, 3.8) is 0 Å². The number of fused-ring (bicyclic) bond motifs is 1. The molecular weight excluding hydrogens is 350 g/mol. The maximum atomic E-state index is 12.8. The molecule has 1 atom stereocenters. The minimum Gasteiger partial charge on any atom is -0.394 e. The molecule has 4 rings (SSSR count). The van der Waals surface area contributed by atoms with E-state index >= 15 is 0 Å². The van der Waals surface area contributed by atoms with Crippen LogP contribution in [0.15, 0.2) is 60.8 Å². The predicted octanol–water partition coefficient (Wildman–Crippen LogP) is 3.43. The lowest BCUT2D eigenvalue weighted by molar-refractivity contribution is -0.121. The SMILES string of the molecule is O=C(/C=C/c1c(-c2ccccc2)nn2ccccc12)C(CO)N1CCCCC1. The van der Waals surface area contributed by atoms with Crippen LogP contribution in [0.2, 0.25) is 0 Å². The Balaban J connectivity index is 1.67. The Morgan fingerprint density at radius 2 is 1.82 bits per heavy atom. The number of hydrogen-bond donors (Lipinski definition) is 1. The van der Waals surface area contributed by atoms with Gasteiger partial charge in [-0.3, -0.25) is 9.69 Å². The first-order valence-corrected chi connectivity index (χ1v) is 9.87. The van der Waals surface area contributed by atoms with E-state index in [9.17, 15) is 9.90 Å². The molecule has 1 aliphatic rings. The molecule has 1 fully saturated rings. The third kappa shape index (κ3) is 3.77. The summed E-state index contributed by atoms with van der Waals surface area (Å²) in [7, 11) is 0. The van der Waals surface area contributed by atoms with E-state index < -0.39 is 6.04 Å². The van der Waals surface area contributed by atoms with Crippen molar-refractivity contribution in [2.24, 2.45) is 0 Å². The molecule has 28 heavy (non-hydrogen) atoms. The molecule has 5 nitrogen and oxygen atoms in total. The molecule has 2 aromatic heterocycles. The van der Waals surface area contributed by atoms with Gasteiger partial charge in [-0.25, -0.2) is 4.52 Å². The number of pyridine rings is 1. The normalized spacial score (nSPS) is 16.6. The van der Waals surface area contributed by atoms with Crippen LogP contribution in [0, 0.1) is 0 Å². The number of likely N-dealkylation sites (tertiary alicyclic amines) is 1. The zero-order valence-corrected chi connectivity index (χ0v) is 15.9. The number of carbonyl (C=O) groups excluding carboxylic acids is 1. The highest BCUT2D eigenvalue weighted by molar-refractivity contribution is 5.99. The van der Waals surface area contributed by atoms with E-state index in [1.165, 1.54) is 6.42 Å². The number of nitrogens with zero attached hydrogens (tertiary/aromatic N) is 3. The first-order chi connectivity index (χ1) is 13.8. The third-order valence-corrected chi connectivity index (χ3v) is 5.37. The molecule has 0 spiro atoms. The van der Waals surface area contributed by atoms with Crippen LogP contribution in [0.4, 0.5) is 0 Å². The Labute approximate surface area is 164 Å². The fourth-order valence-corrected chi connectivity index (χ4v) is 3.88. The van der Waals surface area contributed by atoms with Gasteiger partial charge in [-0.15, -0.1) is 0 Å². The summed E-state index contributed by atoms with van der Waals surface area (Å²) in [6.07, 6.45) is 8.72. The second kappa shape index (κ2) is 8.50. The van der Waals surface area contributed by atoms with Crippen molar-refractivity contribution < 1.29 is 9.90 Å². The summed E-state index contributed by atoms with van der Waals surface area (Å²) >= 11 is 0. The van der Waals surface area contributed by atoms with Gasteiger partial charge in [0.05, 0.1) is 18.2 Å². The molecule has 0 radical (unpaired) electrons. The van der Waals surface area contributed by atoms with Crippen molar-refractivity contribution in [1.29, 1.82) is 0 Å². The molecule has 3 heterocycles. The van der Waals surface area contributed by atoms with Gasteiger partial charge in [-0.1, -0.05) is 42.8 Å². The van der Waals surface area contributed by atoms with Gasteiger partial charge in [0.25, 0.3) is 0 Å². The van der Waals surface area contributed by atoms with Crippen LogP contribution in [-0.4, -0.2) is 51.1 Å². The molecule has 0 aliphatic carbocycles. The summed E-state index contributed by atoms with van der Waals surface area (Å²) in [4.78, 5) is 14.9. The molecule has 0 bridgehead atoms. The van der Waals surface area contributed by atoms with Crippen molar-refractivity contribution in [3.8, 4) is 11.3 Å². The summed E-state index contributed by atoms with van der Waals surface area (Å²) in [5.74, 6) is -0.0568. The minimum absolute atomic E-state index is 0.0568. The van der Waals surface area contributed by atoms with E-state index in [1.54, 1.807) is 6.08 Å². The molecule has 1 N–H and O–H groups in total. The number of benzene rings is 1. The van der Waals surface area contributed by atoms with Gasteiger partial charge in [0.1, 0.15) is 5.69 Å². The van der Waals surface area contributed by atoms with Crippen LogP contribution in [0.3, 0.4) is 0 Å². The zero-order chi connectivity index (χ0) is 19.3. The van der Waals surface area contributed by atoms with Crippen LogP contribution in [0.5, 0.6) is 0 Å². The predicted molar refractivity (Wildman–Crippen MR) is 111 cm³/mol. The molecule has 1 aliphatic heterocycles. The van der Waals surface area contributed by atoms with Crippen molar-refractivity contribution in [3.05, 3.63) is 66.4 Å². The molecule has 1 aromatic carbocycles. The van der Waals surface area contributed by atoms with Crippen molar-refractivity contribution >= 4 is 17.4 Å². The maximum absolute atomic E-state index is 12.8. The van der Waals surface area contributed by atoms with E-state index in [0.29, 0.717) is 0 Å². The summed E-state index contributed by atoms with van der Waals surface area (Å²) in [6, 6.07) is 15.4. The Hall–Kier alpha value is -2.76.